The van der Waals surface area contributed by atoms with Crippen LogP contribution in [0.2, 0.25) is 0 Å². The molecule has 1 aromatic carbocycles. The summed E-state index contributed by atoms with van der Waals surface area (Å²) in [6.45, 7) is 1.21. The van der Waals surface area contributed by atoms with Gasteiger partial charge in [0.25, 0.3) is 0 Å². The van der Waals surface area contributed by atoms with Crippen LogP contribution in [0.4, 0.5) is 5.69 Å². The summed E-state index contributed by atoms with van der Waals surface area (Å²) in [6, 6.07) is 6.75. The quantitative estimate of drug-likeness (QED) is 0.685. The van der Waals surface area contributed by atoms with E-state index < -0.39 is 5.91 Å². The van der Waals surface area contributed by atoms with E-state index in [4.69, 9.17) is 14.7 Å². The number of hydrogen-bond acceptors (Lipinski definition) is 4. The van der Waals surface area contributed by atoms with E-state index in [1.807, 2.05) is 0 Å². The monoisotopic (exact) mass is 232 g/mol. The molecule has 0 radical (unpaired) electrons. The summed E-state index contributed by atoms with van der Waals surface area (Å²) in [5.41, 5.74) is 0.612. The molecule has 2 rings (SSSR count). The number of carbonyl (C=O) groups is 1. The normalized spacial score (nSPS) is 13.4. The first-order valence-electron chi connectivity index (χ1n) is 5.30. The zero-order valence-electron chi connectivity index (χ0n) is 9.47. The Morgan fingerprint density at radius 3 is 2.76 bits per heavy atom. The second-order valence-electron chi connectivity index (χ2n) is 3.66. The number of benzene rings is 1. The van der Waals surface area contributed by atoms with Crippen LogP contribution in [0.5, 0.6) is 11.5 Å². The maximum Gasteiger partial charge on any atom is 0.329 e. The van der Waals surface area contributed by atoms with E-state index in [2.05, 4.69) is 0 Å². The summed E-state index contributed by atoms with van der Waals surface area (Å²) in [4.78, 5) is 12.5. The number of amides is 1. The van der Waals surface area contributed by atoms with Crippen LogP contribution in [-0.2, 0) is 4.79 Å². The molecule has 0 fully saturated rings. The molecule has 0 atom stereocenters. The summed E-state index contributed by atoms with van der Waals surface area (Å²) >= 11 is 0. The number of fused-ring (bicyclic) bond motifs is 1. The van der Waals surface area contributed by atoms with Crippen molar-refractivity contribution in [2.75, 3.05) is 25.2 Å². The first-order chi connectivity index (χ1) is 8.22. The third kappa shape index (κ3) is 2.31. The third-order valence-corrected chi connectivity index (χ3v) is 2.52. The number of nitrogens with zero attached hydrogens (tertiary/aromatic N) is 2. The second-order valence-corrected chi connectivity index (χ2v) is 3.66. The minimum absolute atomic E-state index is 0.590. The van der Waals surface area contributed by atoms with Gasteiger partial charge in [-0.25, -0.2) is 0 Å². The largest absolute Gasteiger partial charge is 0.490 e. The molecule has 5 nitrogen and oxygen atoms in total. The lowest BCUT2D eigenvalue weighted by Gasteiger charge is -2.15. The molecule has 1 aliphatic heterocycles. The van der Waals surface area contributed by atoms with Crippen molar-refractivity contribution >= 4 is 11.6 Å². The molecule has 1 heterocycles. The molecule has 88 valence electrons. The second kappa shape index (κ2) is 4.74. The fourth-order valence-electron chi connectivity index (χ4n) is 1.55. The van der Waals surface area contributed by atoms with Gasteiger partial charge in [-0.3, -0.25) is 4.79 Å². The van der Waals surface area contributed by atoms with Crippen molar-refractivity contribution in [3.8, 4) is 17.6 Å². The summed E-state index contributed by atoms with van der Waals surface area (Å²) in [5.74, 6) is 0.668. The van der Waals surface area contributed by atoms with E-state index in [-0.39, 0.29) is 0 Å². The van der Waals surface area contributed by atoms with Gasteiger partial charge in [0, 0.05) is 25.2 Å². The summed E-state index contributed by atoms with van der Waals surface area (Å²) in [7, 11) is 1.55. The fraction of sp³-hybridized carbons (Fsp3) is 0.333. The maximum absolute atomic E-state index is 11.2. The highest BCUT2D eigenvalue weighted by atomic mass is 16.5. The minimum atomic E-state index is -0.612. The van der Waals surface area contributed by atoms with E-state index in [9.17, 15) is 4.79 Å². The predicted octanol–water partition coefficient (Wildman–Crippen LogP) is 1.33. The molecule has 0 saturated carbocycles. The first kappa shape index (κ1) is 11.3. The average molecular weight is 232 g/mol. The Bertz CT molecular complexity index is 479. The van der Waals surface area contributed by atoms with Gasteiger partial charge in [0.2, 0.25) is 0 Å². The Hall–Kier alpha value is -2.22. The smallest absolute Gasteiger partial charge is 0.329 e. The number of nitriles is 1. The van der Waals surface area contributed by atoms with Crippen LogP contribution >= 0.6 is 0 Å². The van der Waals surface area contributed by atoms with Gasteiger partial charge in [0.1, 0.15) is 0 Å². The number of anilines is 1. The molecule has 1 amide bonds. The molecule has 0 N–H and O–H groups in total. The standard InChI is InChI=1S/C12H12N2O3/c1-14(12(15)8-13)9-3-4-10-11(7-9)17-6-2-5-16-10/h3-4,7H,2,5-6H2,1H3. The Morgan fingerprint density at radius 1 is 1.35 bits per heavy atom. The molecule has 17 heavy (non-hydrogen) atoms. The fourth-order valence-corrected chi connectivity index (χ4v) is 1.55. The molecule has 0 bridgehead atoms. The van der Waals surface area contributed by atoms with Gasteiger partial charge in [-0.1, -0.05) is 0 Å². The molecule has 5 heteroatoms. The van der Waals surface area contributed by atoms with E-state index in [0.717, 1.165) is 6.42 Å². The molecule has 1 aromatic rings. The van der Waals surface area contributed by atoms with Crippen molar-refractivity contribution in [3.63, 3.8) is 0 Å². The van der Waals surface area contributed by atoms with Crippen LogP contribution in [0, 0.1) is 11.3 Å². The van der Waals surface area contributed by atoms with E-state index in [0.29, 0.717) is 30.4 Å². The van der Waals surface area contributed by atoms with Gasteiger partial charge in [-0.15, -0.1) is 0 Å². The molecule has 0 aromatic heterocycles. The Kier molecular flexibility index (Phi) is 3.15. The number of ether oxygens (including phenoxy) is 2. The SMILES string of the molecule is CN(C(=O)C#N)c1ccc2c(c1)OCCCO2. The molecule has 0 aliphatic carbocycles. The van der Waals surface area contributed by atoms with Gasteiger partial charge >= 0.3 is 5.91 Å². The van der Waals surface area contributed by atoms with Gasteiger partial charge < -0.3 is 14.4 Å². The summed E-state index contributed by atoms with van der Waals surface area (Å²) < 4.78 is 11.0. The van der Waals surface area contributed by atoms with E-state index in [1.54, 1.807) is 31.3 Å². The third-order valence-electron chi connectivity index (χ3n) is 2.52. The van der Waals surface area contributed by atoms with Crippen molar-refractivity contribution in [2.24, 2.45) is 0 Å². The van der Waals surface area contributed by atoms with Crippen molar-refractivity contribution in [1.29, 1.82) is 5.26 Å². The van der Waals surface area contributed by atoms with Gasteiger partial charge in [0.15, 0.2) is 17.6 Å². The topological polar surface area (TPSA) is 62.6 Å². The predicted molar refractivity (Wildman–Crippen MR) is 61.1 cm³/mol. The number of carbonyl (C=O) groups excluding carboxylic acids is 1. The molecular formula is C12H12N2O3. The lowest BCUT2D eigenvalue weighted by atomic mass is 10.2. The molecule has 1 aliphatic rings. The van der Waals surface area contributed by atoms with Crippen LogP contribution in [0.25, 0.3) is 0 Å². The summed E-state index contributed by atoms with van der Waals surface area (Å²) in [6.07, 6.45) is 0.830. The first-order valence-corrected chi connectivity index (χ1v) is 5.30. The molecule has 0 spiro atoms. The maximum atomic E-state index is 11.2. The number of hydrogen-bond donors (Lipinski definition) is 0. The Balaban J connectivity index is 2.30. The van der Waals surface area contributed by atoms with Crippen molar-refractivity contribution in [3.05, 3.63) is 18.2 Å². The highest BCUT2D eigenvalue weighted by Crippen LogP contribution is 2.33. The van der Waals surface area contributed by atoms with E-state index >= 15 is 0 Å². The minimum Gasteiger partial charge on any atom is -0.490 e. The Morgan fingerprint density at radius 2 is 2.06 bits per heavy atom. The van der Waals surface area contributed by atoms with Crippen LogP contribution in [0.15, 0.2) is 18.2 Å². The molecule has 0 saturated heterocycles. The average Bonchev–Trinajstić information content (AvgIpc) is 2.61. The van der Waals surface area contributed by atoms with Gasteiger partial charge in [-0.05, 0) is 12.1 Å². The van der Waals surface area contributed by atoms with Crippen LogP contribution in [0.3, 0.4) is 0 Å². The highest BCUT2D eigenvalue weighted by molar-refractivity contribution is 6.04. The number of rotatable bonds is 1. The zero-order valence-corrected chi connectivity index (χ0v) is 9.47. The van der Waals surface area contributed by atoms with Gasteiger partial charge in [-0.2, -0.15) is 5.26 Å². The molecular weight excluding hydrogens is 220 g/mol. The van der Waals surface area contributed by atoms with Crippen LogP contribution in [-0.4, -0.2) is 26.2 Å². The summed E-state index contributed by atoms with van der Waals surface area (Å²) in [5, 5.41) is 8.55. The van der Waals surface area contributed by atoms with Crippen LogP contribution in [0.1, 0.15) is 6.42 Å². The zero-order chi connectivity index (χ0) is 12.3. The highest BCUT2D eigenvalue weighted by Gasteiger charge is 2.15. The van der Waals surface area contributed by atoms with Crippen molar-refractivity contribution in [2.45, 2.75) is 6.42 Å². The molecule has 0 unspecified atom stereocenters. The van der Waals surface area contributed by atoms with E-state index in [1.165, 1.54) is 4.90 Å². The van der Waals surface area contributed by atoms with Gasteiger partial charge in [0.05, 0.1) is 13.2 Å². The van der Waals surface area contributed by atoms with Crippen molar-refractivity contribution < 1.29 is 14.3 Å². The lowest BCUT2D eigenvalue weighted by Crippen LogP contribution is -2.24. The van der Waals surface area contributed by atoms with Crippen molar-refractivity contribution in [1.82, 2.24) is 0 Å². The van der Waals surface area contributed by atoms with Crippen LogP contribution < -0.4 is 14.4 Å². The lowest BCUT2D eigenvalue weighted by molar-refractivity contribution is -0.113. The Labute approximate surface area is 99.2 Å².